The molecule has 1 amide bonds. The van der Waals surface area contributed by atoms with Gasteiger partial charge in [-0.05, 0) is 32.4 Å². The summed E-state index contributed by atoms with van der Waals surface area (Å²) in [5, 5.41) is 2.65. The van der Waals surface area contributed by atoms with Crippen molar-refractivity contribution in [2.75, 3.05) is 20.2 Å². The standard InChI is InChI=1S/C16H24N2O5S/c1-5-13(3)17-15(19)11-23-16(20)10-18(4)24(21,22)14-8-6-12(2)7-9-14/h6-9,13H,5,10-11H2,1-4H3,(H,17,19)/t13-/m0/s1. The minimum Gasteiger partial charge on any atom is -0.455 e. The molecule has 8 heteroatoms. The van der Waals surface area contributed by atoms with Crippen LogP contribution in [0, 0.1) is 6.92 Å². The van der Waals surface area contributed by atoms with Gasteiger partial charge in [-0.1, -0.05) is 24.6 Å². The molecular weight excluding hydrogens is 332 g/mol. The third kappa shape index (κ3) is 5.93. The minimum absolute atomic E-state index is 0.0132. The summed E-state index contributed by atoms with van der Waals surface area (Å²) >= 11 is 0. The van der Waals surface area contributed by atoms with Crippen molar-refractivity contribution < 1.29 is 22.7 Å². The van der Waals surface area contributed by atoms with Crippen molar-refractivity contribution in [1.82, 2.24) is 9.62 Å². The summed E-state index contributed by atoms with van der Waals surface area (Å²) in [6.07, 6.45) is 0.761. The number of sulfonamides is 1. The number of benzene rings is 1. The molecule has 1 aromatic rings. The number of nitrogens with one attached hydrogen (secondary N) is 1. The van der Waals surface area contributed by atoms with E-state index in [0.29, 0.717) is 0 Å². The number of amides is 1. The maximum absolute atomic E-state index is 12.3. The lowest BCUT2D eigenvalue weighted by molar-refractivity contribution is -0.148. The number of hydrogen-bond acceptors (Lipinski definition) is 5. The van der Waals surface area contributed by atoms with Crippen LogP contribution in [0.5, 0.6) is 0 Å². The summed E-state index contributed by atoms with van der Waals surface area (Å²) < 4.78 is 30.4. The lowest BCUT2D eigenvalue weighted by Gasteiger charge is -2.17. The number of ether oxygens (including phenoxy) is 1. The van der Waals surface area contributed by atoms with E-state index in [1.54, 1.807) is 12.1 Å². The second-order valence-electron chi connectivity index (χ2n) is 5.61. The Bertz CT molecular complexity index is 670. The topological polar surface area (TPSA) is 92.8 Å². The molecule has 0 aliphatic rings. The molecule has 0 aliphatic heterocycles. The van der Waals surface area contributed by atoms with Crippen LogP contribution in [-0.2, 0) is 24.3 Å². The van der Waals surface area contributed by atoms with Crippen molar-refractivity contribution in [2.24, 2.45) is 0 Å². The van der Waals surface area contributed by atoms with Gasteiger partial charge in [0.1, 0.15) is 6.54 Å². The Morgan fingerprint density at radius 3 is 2.38 bits per heavy atom. The van der Waals surface area contributed by atoms with E-state index in [9.17, 15) is 18.0 Å². The smallest absolute Gasteiger partial charge is 0.321 e. The van der Waals surface area contributed by atoms with Gasteiger partial charge in [-0.2, -0.15) is 4.31 Å². The Kier molecular flexibility index (Phi) is 7.37. The van der Waals surface area contributed by atoms with Gasteiger partial charge in [0, 0.05) is 13.1 Å². The molecule has 0 heterocycles. The van der Waals surface area contributed by atoms with Crippen LogP contribution in [-0.4, -0.2) is 50.8 Å². The highest BCUT2D eigenvalue weighted by Gasteiger charge is 2.23. The van der Waals surface area contributed by atoms with E-state index < -0.39 is 35.1 Å². The minimum atomic E-state index is -3.78. The Balaban J connectivity index is 2.57. The number of aryl methyl sites for hydroxylation is 1. The molecule has 0 fully saturated rings. The molecule has 0 saturated heterocycles. The van der Waals surface area contributed by atoms with E-state index >= 15 is 0 Å². The Morgan fingerprint density at radius 2 is 1.83 bits per heavy atom. The molecule has 1 N–H and O–H groups in total. The molecule has 1 rings (SSSR count). The van der Waals surface area contributed by atoms with E-state index in [2.05, 4.69) is 5.32 Å². The highest BCUT2D eigenvalue weighted by atomic mass is 32.2. The van der Waals surface area contributed by atoms with Crippen molar-refractivity contribution in [3.8, 4) is 0 Å². The molecule has 0 bridgehead atoms. The zero-order valence-corrected chi connectivity index (χ0v) is 15.2. The van der Waals surface area contributed by atoms with Crippen LogP contribution in [0.3, 0.4) is 0 Å². The number of rotatable bonds is 8. The average molecular weight is 356 g/mol. The number of esters is 1. The lowest BCUT2D eigenvalue weighted by Crippen LogP contribution is -2.37. The number of carbonyl (C=O) groups is 2. The van der Waals surface area contributed by atoms with Gasteiger partial charge in [-0.25, -0.2) is 8.42 Å². The lowest BCUT2D eigenvalue weighted by atomic mass is 10.2. The molecule has 0 spiro atoms. The van der Waals surface area contributed by atoms with E-state index in [-0.39, 0.29) is 10.9 Å². The summed E-state index contributed by atoms with van der Waals surface area (Å²) in [6, 6.07) is 6.30. The molecule has 1 aromatic carbocycles. The van der Waals surface area contributed by atoms with Gasteiger partial charge in [0.25, 0.3) is 5.91 Å². The number of carbonyl (C=O) groups excluding carboxylic acids is 2. The first kappa shape index (κ1) is 20.1. The normalized spacial score (nSPS) is 12.7. The number of likely N-dealkylation sites (N-methyl/N-ethyl adjacent to an activating group) is 1. The molecule has 24 heavy (non-hydrogen) atoms. The second-order valence-corrected chi connectivity index (χ2v) is 7.66. The van der Waals surface area contributed by atoms with E-state index in [1.165, 1.54) is 19.2 Å². The van der Waals surface area contributed by atoms with Gasteiger partial charge >= 0.3 is 5.97 Å². The van der Waals surface area contributed by atoms with Crippen molar-refractivity contribution in [1.29, 1.82) is 0 Å². The SMILES string of the molecule is CC[C@H](C)NC(=O)COC(=O)CN(C)S(=O)(=O)c1ccc(C)cc1. The Labute approximate surface area is 143 Å². The first-order valence-electron chi connectivity index (χ1n) is 7.64. The van der Waals surface area contributed by atoms with Crippen LogP contribution in [0.15, 0.2) is 29.2 Å². The predicted octanol–water partition coefficient (Wildman–Crippen LogP) is 1.07. The highest BCUT2D eigenvalue weighted by Crippen LogP contribution is 2.14. The van der Waals surface area contributed by atoms with Crippen LogP contribution < -0.4 is 5.32 Å². The fourth-order valence-corrected chi connectivity index (χ4v) is 2.88. The zero-order chi connectivity index (χ0) is 18.3. The van der Waals surface area contributed by atoms with Crippen LogP contribution in [0.25, 0.3) is 0 Å². The van der Waals surface area contributed by atoms with Gasteiger partial charge in [-0.3, -0.25) is 9.59 Å². The fraction of sp³-hybridized carbons (Fsp3) is 0.500. The van der Waals surface area contributed by atoms with Gasteiger partial charge in [0.15, 0.2) is 6.61 Å². The maximum Gasteiger partial charge on any atom is 0.321 e. The van der Waals surface area contributed by atoms with Crippen LogP contribution >= 0.6 is 0 Å². The summed E-state index contributed by atoms with van der Waals surface area (Å²) in [7, 11) is -2.49. The summed E-state index contributed by atoms with van der Waals surface area (Å²) in [6.45, 7) is 4.71. The third-order valence-electron chi connectivity index (χ3n) is 3.46. The monoisotopic (exact) mass is 356 g/mol. The van der Waals surface area contributed by atoms with Crippen LogP contribution in [0.2, 0.25) is 0 Å². The molecule has 1 atom stereocenters. The second kappa shape index (κ2) is 8.79. The first-order valence-corrected chi connectivity index (χ1v) is 9.08. The van der Waals surface area contributed by atoms with Crippen molar-refractivity contribution in [3.63, 3.8) is 0 Å². The molecule has 134 valence electrons. The largest absolute Gasteiger partial charge is 0.455 e. The van der Waals surface area contributed by atoms with E-state index in [0.717, 1.165) is 16.3 Å². The fourth-order valence-electron chi connectivity index (χ4n) is 1.77. The van der Waals surface area contributed by atoms with Crippen molar-refractivity contribution in [2.45, 2.75) is 38.1 Å². The van der Waals surface area contributed by atoms with Crippen molar-refractivity contribution in [3.05, 3.63) is 29.8 Å². The maximum atomic E-state index is 12.3. The molecule has 0 aliphatic carbocycles. The van der Waals surface area contributed by atoms with E-state index in [4.69, 9.17) is 4.74 Å². The van der Waals surface area contributed by atoms with Gasteiger partial charge in [0.05, 0.1) is 4.90 Å². The molecule has 0 radical (unpaired) electrons. The molecule has 0 saturated carbocycles. The van der Waals surface area contributed by atoms with Crippen LogP contribution in [0.1, 0.15) is 25.8 Å². The molecule has 7 nitrogen and oxygen atoms in total. The third-order valence-corrected chi connectivity index (χ3v) is 5.28. The molecular formula is C16H24N2O5S. The van der Waals surface area contributed by atoms with E-state index in [1.807, 2.05) is 20.8 Å². The summed E-state index contributed by atoms with van der Waals surface area (Å²) in [4.78, 5) is 23.4. The first-order chi connectivity index (χ1) is 11.2. The highest BCUT2D eigenvalue weighted by molar-refractivity contribution is 7.89. The van der Waals surface area contributed by atoms with Crippen LogP contribution in [0.4, 0.5) is 0 Å². The molecule has 0 unspecified atom stereocenters. The quantitative estimate of drug-likeness (QED) is 0.704. The average Bonchev–Trinajstić information content (AvgIpc) is 2.53. The van der Waals surface area contributed by atoms with Gasteiger partial charge < -0.3 is 10.1 Å². The molecule has 0 aromatic heterocycles. The Morgan fingerprint density at radius 1 is 1.25 bits per heavy atom. The summed E-state index contributed by atoms with van der Waals surface area (Å²) in [5.74, 6) is -1.20. The van der Waals surface area contributed by atoms with Gasteiger partial charge in [-0.15, -0.1) is 0 Å². The predicted molar refractivity (Wildman–Crippen MR) is 89.8 cm³/mol. The van der Waals surface area contributed by atoms with Crippen molar-refractivity contribution >= 4 is 21.9 Å². The number of hydrogen-bond donors (Lipinski definition) is 1. The zero-order valence-electron chi connectivity index (χ0n) is 14.4. The Hall–Kier alpha value is -1.93. The number of nitrogens with zero attached hydrogens (tertiary/aromatic N) is 1. The van der Waals surface area contributed by atoms with Gasteiger partial charge in [0.2, 0.25) is 10.0 Å². The summed E-state index contributed by atoms with van der Waals surface area (Å²) in [5.41, 5.74) is 0.934.